The Morgan fingerprint density at radius 2 is 1.98 bits per heavy atom. The third-order valence-electron chi connectivity index (χ3n) is 11.8. The molecule has 9 rings (SSSR count). The van der Waals surface area contributed by atoms with Crippen LogP contribution in [-0.2, 0) is 24.0 Å². The van der Waals surface area contributed by atoms with Crippen LogP contribution < -0.4 is 15.6 Å². The Bertz CT molecular complexity index is 1650. The molecular formula is C34H43ClFN3O8. The van der Waals surface area contributed by atoms with Gasteiger partial charge in [-0.2, -0.15) is 0 Å². The first kappa shape index (κ1) is 31.9. The quantitative estimate of drug-likeness (QED) is 0.285. The lowest BCUT2D eigenvalue weighted by Crippen LogP contribution is -2.70. The summed E-state index contributed by atoms with van der Waals surface area (Å²) < 4.78 is 36.6. The fraction of sp³-hybridized carbons (Fsp3) is 0.706. The second kappa shape index (κ2) is 11.6. The number of benzene rings is 1. The molecule has 256 valence electrons. The van der Waals surface area contributed by atoms with E-state index >= 15 is 4.39 Å². The van der Waals surface area contributed by atoms with Crippen LogP contribution in [0.2, 0.25) is 5.02 Å². The lowest BCUT2D eigenvalue weighted by Gasteiger charge is -2.60. The van der Waals surface area contributed by atoms with E-state index < -0.39 is 41.2 Å². The molecule has 0 radical (unpaired) electrons. The summed E-state index contributed by atoms with van der Waals surface area (Å²) in [6.45, 7) is 8.49. The zero-order chi connectivity index (χ0) is 32.8. The standard InChI is InChI=1S/C34H43ClFN3O8/c1-17-4-7-24-18(2)31(44-32-34(24)23(17)8-10-33(3,45-32)46-47-34)43-13-11-37-19-9-12-38(15-19)28-25(36)14-21-27(26(28)35)39(20-5-6-20)16-22(29(21)40)30(41)42/h14,16-20,23-24,31-32,37H,4-13,15H2,1-3H3,(H,41,42)/t17-,18-,19?,23?,24+,31+,32-,33+,34?/m1/s1. The van der Waals surface area contributed by atoms with Crippen molar-refractivity contribution in [2.45, 2.75) is 102 Å². The minimum absolute atomic E-state index is 0.00677. The molecule has 7 fully saturated rings. The summed E-state index contributed by atoms with van der Waals surface area (Å²) in [5.74, 6) is -1.71. The number of carboxylic acid groups (broad SMARTS) is 1. The number of fused-ring (bicyclic) bond motifs is 3. The van der Waals surface area contributed by atoms with Crippen molar-refractivity contribution >= 4 is 34.2 Å². The summed E-state index contributed by atoms with van der Waals surface area (Å²) in [5, 5.41) is 13.2. The first-order valence-corrected chi connectivity index (χ1v) is 17.5. The van der Waals surface area contributed by atoms with E-state index in [1.54, 1.807) is 4.57 Å². The predicted octanol–water partition coefficient (Wildman–Crippen LogP) is 5.22. The highest BCUT2D eigenvalue weighted by Crippen LogP contribution is 2.60. The van der Waals surface area contributed by atoms with Gasteiger partial charge in [0, 0.05) is 56.2 Å². The van der Waals surface area contributed by atoms with Crippen molar-refractivity contribution < 1.29 is 38.3 Å². The van der Waals surface area contributed by atoms with Crippen LogP contribution in [-0.4, -0.2) is 71.9 Å². The van der Waals surface area contributed by atoms with Crippen LogP contribution in [0, 0.1) is 29.5 Å². The Kier molecular flexibility index (Phi) is 7.90. The number of hydrogen-bond donors (Lipinski definition) is 2. The van der Waals surface area contributed by atoms with E-state index in [1.165, 1.54) is 6.20 Å². The fourth-order valence-corrected chi connectivity index (χ4v) is 9.55. The fourth-order valence-electron chi connectivity index (χ4n) is 9.15. The summed E-state index contributed by atoms with van der Waals surface area (Å²) in [6.07, 6.45) is 6.71. The number of nitrogens with one attached hydrogen (secondary N) is 1. The molecule has 9 atom stereocenters. The van der Waals surface area contributed by atoms with E-state index in [0.717, 1.165) is 51.0 Å². The number of pyridine rings is 1. The van der Waals surface area contributed by atoms with E-state index in [1.807, 2.05) is 11.8 Å². The van der Waals surface area contributed by atoms with E-state index in [9.17, 15) is 14.7 Å². The highest BCUT2D eigenvalue weighted by Gasteiger charge is 2.69. The van der Waals surface area contributed by atoms with Gasteiger partial charge < -0.3 is 34.1 Å². The minimum Gasteiger partial charge on any atom is -0.477 e. The molecule has 5 saturated heterocycles. The van der Waals surface area contributed by atoms with Gasteiger partial charge in [0.2, 0.25) is 11.2 Å². The average molecular weight is 676 g/mol. The molecule has 0 amide bonds. The predicted molar refractivity (Wildman–Crippen MR) is 170 cm³/mol. The number of ether oxygens (including phenoxy) is 3. The van der Waals surface area contributed by atoms with Gasteiger partial charge in [0.15, 0.2) is 18.2 Å². The van der Waals surface area contributed by atoms with Gasteiger partial charge in [-0.05, 0) is 63.4 Å². The molecule has 11 nitrogen and oxygen atoms in total. The number of aromatic carboxylic acids is 1. The molecule has 6 heterocycles. The van der Waals surface area contributed by atoms with Gasteiger partial charge in [-0.15, -0.1) is 0 Å². The first-order valence-electron chi connectivity index (χ1n) is 17.1. The first-order chi connectivity index (χ1) is 22.5. The molecule has 7 aliphatic rings. The Labute approximate surface area is 277 Å². The van der Waals surface area contributed by atoms with Crippen LogP contribution >= 0.6 is 11.6 Å². The zero-order valence-corrected chi connectivity index (χ0v) is 27.8. The molecule has 2 saturated carbocycles. The van der Waals surface area contributed by atoms with E-state index in [4.69, 9.17) is 35.6 Å². The number of anilines is 1. The van der Waals surface area contributed by atoms with Crippen molar-refractivity contribution in [3.8, 4) is 0 Å². The van der Waals surface area contributed by atoms with E-state index in [-0.39, 0.29) is 45.6 Å². The van der Waals surface area contributed by atoms with Crippen LogP contribution in [0.15, 0.2) is 17.1 Å². The smallest absolute Gasteiger partial charge is 0.341 e. The molecular weight excluding hydrogens is 633 g/mol. The molecule has 1 aromatic heterocycles. The summed E-state index contributed by atoms with van der Waals surface area (Å²) in [4.78, 5) is 38.7. The Morgan fingerprint density at radius 3 is 2.74 bits per heavy atom. The number of hydrogen-bond acceptors (Lipinski definition) is 9. The topological polar surface area (TPSA) is 121 Å². The normalized spacial score (nSPS) is 38.1. The van der Waals surface area contributed by atoms with Gasteiger partial charge in [0.1, 0.15) is 11.4 Å². The molecule has 3 unspecified atom stereocenters. The van der Waals surface area contributed by atoms with Crippen molar-refractivity contribution in [3.05, 3.63) is 38.9 Å². The Balaban J connectivity index is 0.925. The summed E-state index contributed by atoms with van der Waals surface area (Å²) in [6, 6.07) is 1.26. The van der Waals surface area contributed by atoms with Gasteiger partial charge in [0.05, 0.1) is 28.2 Å². The van der Waals surface area contributed by atoms with Crippen LogP contribution in [0.3, 0.4) is 0 Å². The van der Waals surface area contributed by atoms with Crippen LogP contribution in [0.1, 0.15) is 82.1 Å². The van der Waals surface area contributed by atoms with E-state index in [2.05, 4.69) is 19.2 Å². The van der Waals surface area contributed by atoms with Crippen molar-refractivity contribution in [2.75, 3.05) is 31.1 Å². The maximum atomic E-state index is 15.6. The van der Waals surface area contributed by atoms with E-state index in [0.29, 0.717) is 43.6 Å². The van der Waals surface area contributed by atoms with Gasteiger partial charge in [-0.25, -0.2) is 19.0 Å². The molecule has 1 spiro atoms. The molecule has 5 aliphatic heterocycles. The maximum Gasteiger partial charge on any atom is 0.341 e. The Morgan fingerprint density at radius 1 is 1.17 bits per heavy atom. The Hall–Kier alpha value is -2.32. The monoisotopic (exact) mass is 675 g/mol. The number of carboxylic acids is 1. The summed E-state index contributed by atoms with van der Waals surface area (Å²) >= 11 is 6.85. The molecule has 2 N–H and O–H groups in total. The van der Waals surface area contributed by atoms with Crippen molar-refractivity contribution in [1.82, 2.24) is 9.88 Å². The zero-order valence-electron chi connectivity index (χ0n) is 27.0. The minimum atomic E-state index is -1.34. The van der Waals surface area contributed by atoms with Gasteiger partial charge in [0.25, 0.3) is 0 Å². The number of aromatic nitrogens is 1. The van der Waals surface area contributed by atoms with Gasteiger partial charge >= 0.3 is 5.97 Å². The second-order valence-electron chi connectivity index (χ2n) is 14.8. The van der Waals surface area contributed by atoms with Crippen molar-refractivity contribution in [3.63, 3.8) is 0 Å². The third-order valence-corrected chi connectivity index (χ3v) is 12.1. The highest BCUT2D eigenvalue weighted by molar-refractivity contribution is 6.38. The number of halogens is 2. The van der Waals surface area contributed by atoms with Gasteiger partial charge in [-0.1, -0.05) is 25.4 Å². The summed E-state index contributed by atoms with van der Waals surface area (Å²) in [7, 11) is 0. The number of rotatable bonds is 8. The van der Waals surface area contributed by atoms with Crippen molar-refractivity contribution in [2.24, 2.45) is 23.7 Å². The largest absolute Gasteiger partial charge is 0.477 e. The third kappa shape index (κ3) is 5.13. The molecule has 1 aromatic carbocycles. The second-order valence-corrected chi connectivity index (χ2v) is 15.1. The maximum absolute atomic E-state index is 15.6. The molecule has 2 aliphatic carbocycles. The SMILES string of the molecule is C[C@H]1[C@@H](OCCNC2CCN(c3c(F)cc4c(=O)c(C(=O)O)cn(C5CC5)c4c3Cl)C2)O[C@@H]2O[C@]3(C)CCC4[C@H](C)CC[C@@H]1C42OO3. The lowest BCUT2D eigenvalue weighted by atomic mass is 9.58. The van der Waals surface area contributed by atoms with Gasteiger partial charge in [-0.3, -0.25) is 4.79 Å². The summed E-state index contributed by atoms with van der Waals surface area (Å²) in [5.41, 5.74) is -1.09. The number of nitrogens with zero attached hydrogens (tertiary/aromatic N) is 2. The van der Waals surface area contributed by atoms with Crippen molar-refractivity contribution in [1.29, 1.82) is 0 Å². The van der Waals surface area contributed by atoms with Crippen LogP contribution in [0.25, 0.3) is 10.9 Å². The lowest BCUT2D eigenvalue weighted by molar-refractivity contribution is -0.577. The van der Waals surface area contributed by atoms with Crippen LogP contribution in [0.5, 0.6) is 0 Å². The number of carbonyl (C=O) groups is 1. The molecule has 2 aromatic rings. The van der Waals surface area contributed by atoms with Crippen LogP contribution in [0.4, 0.5) is 10.1 Å². The highest BCUT2D eigenvalue weighted by atomic mass is 35.5. The molecule has 2 bridgehead atoms. The molecule has 13 heteroatoms. The molecule has 47 heavy (non-hydrogen) atoms. The average Bonchev–Trinajstić information content (AvgIpc) is 3.82.